The van der Waals surface area contributed by atoms with Crippen LogP contribution in [-0.2, 0) is 4.74 Å². The molecule has 1 N–H and O–H groups in total. The molecule has 1 aliphatic carbocycles. The molecule has 3 aliphatic rings. The van der Waals surface area contributed by atoms with Crippen molar-refractivity contribution in [1.29, 1.82) is 0 Å². The van der Waals surface area contributed by atoms with Crippen molar-refractivity contribution in [2.24, 2.45) is 4.99 Å². The monoisotopic (exact) mass is 325 g/mol. The zero-order valence-electron chi connectivity index (χ0n) is 14.0. The molecule has 0 aromatic carbocycles. The van der Waals surface area contributed by atoms with Crippen LogP contribution >= 0.6 is 11.8 Å². The van der Waals surface area contributed by atoms with Gasteiger partial charge < -0.3 is 15.0 Å². The molecule has 0 radical (unpaired) electrons. The Morgan fingerprint density at radius 3 is 2.91 bits per heavy atom. The van der Waals surface area contributed by atoms with E-state index < -0.39 is 0 Å². The van der Waals surface area contributed by atoms with Crippen LogP contribution in [0.4, 0.5) is 0 Å². The van der Waals surface area contributed by atoms with Gasteiger partial charge in [-0.05, 0) is 32.6 Å². The SMILES string of the molecule is CCNC(=NCC1CCCO1)N1CCSC2(CCCCC2)C1. The number of hydrogen-bond acceptors (Lipinski definition) is 3. The highest BCUT2D eigenvalue weighted by molar-refractivity contribution is 8.00. The molecule has 3 rings (SSSR count). The Labute approximate surface area is 139 Å². The highest BCUT2D eigenvalue weighted by Gasteiger charge is 2.38. The molecule has 0 amide bonds. The molecular weight excluding hydrogens is 294 g/mol. The number of nitrogens with one attached hydrogen (secondary N) is 1. The molecule has 1 saturated carbocycles. The lowest BCUT2D eigenvalue weighted by Gasteiger charge is -2.45. The molecule has 0 aromatic heterocycles. The topological polar surface area (TPSA) is 36.9 Å². The van der Waals surface area contributed by atoms with Gasteiger partial charge in [0.15, 0.2) is 5.96 Å². The van der Waals surface area contributed by atoms with E-state index in [9.17, 15) is 0 Å². The van der Waals surface area contributed by atoms with E-state index in [0.717, 1.165) is 32.2 Å². The van der Waals surface area contributed by atoms with Crippen molar-refractivity contribution in [1.82, 2.24) is 10.2 Å². The average molecular weight is 326 g/mol. The quantitative estimate of drug-likeness (QED) is 0.639. The van der Waals surface area contributed by atoms with E-state index in [-0.39, 0.29) is 0 Å². The second kappa shape index (κ2) is 7.91. The van der Waals surface area contributed by atoms with Gasteiger partial charge >= 0.3 is 0 Å². The Morgan fingerprint density at radius 2 is 2.18 bits per heavy atom. The van der Waals surface area contributed by atoms with E-state index in [1.165, 1.54) is 57.2 Å². The van der Waals surface area contributed by atoms with Crippen molar-refractivity contribution < 1.29 is 4.74 Å². The first-order chi connectivity index (χ1) is 10.8. The second-order valence-corrected chi connectivity index (χ2v) is 8.41. The zero-order valence-corrected chi connectivity index (χ0v) is 14.8. The summed E-state index contributed by atoms with van der Waals surface area (Å²) >= 11 is 2.22. The third-order valence-corrected chi connectivity index (χ3v) is 6.65. The van der Waals surface area contributed by atoms with Crippen molar-refractivity contribution in [2.45, 2.75) is 62.7 Å². The predicted molar refractivity (Wildman–Crippen MR) is 94.8 cm³/mol. The molecule has 22 heavy (non-hydrogen) atoms. The summed E-state index contributed by atoms with van der Waals surface area (Å²) in [5.74, 6) is 2.35. The van der Waals surface area contributed by atoms with Crippen molar-refractivity contribution in [3.05, 3.63) is 0 Å². The van der Waals surface area contributed by atoms with Crippen LogP contribution < -0.4 is 5.32 Å². The molecule has 5 heteroatoms. The summed E-state index contributed by atoms with van der Waals surface area (Å²) in [7, 11) is 0. The summed E-state index contributed by atoms with van der Waals surface area (Å²) in [6.45, 7) is 7.15. The van der Waals surface area contributed by atoms with Crippen molar-refractivity contribution in [2.75, 3.05) is 38.5 Å². The number of thioether (sulfide) groups is 1. The van der Waals surface area contributed by atoms with Gasteiger partial charge in [-0.3, -0.25) is 4.99 Å². The Kier molecular flexibility index (Phi) is 5.91. The maximum atomic E-state index is 5.72. The lowest BCUT2D eigenvalue weighted by atomic mass is 9.87. The minimum atomic E-state index is 0.344. The maximum Gasteiger partial charge on any atom is 0.194 e. The first kappa shape index (κ1) is 16.4. The first-order valence-corrected chi connectivity index (χ1v) is 10.1. The Morgan fingerprint density at radius 1 is 1.32 bits per heavy atom. The summed E-state index contributed by atoms with van der Waals surface area (Å²) in [5, 5.41) is 3.51. The van der Waals surface area contributed by atoms with Gasteiger partial charge in [0.2, 0.25) is 0 Å². The van der Waals surface area contributed by atoms with Crippen molar-refractivity contribution in [3.63, 3.8) is 0 Å². The van der Waals surface area contributed by atoms with Gasteiger partial charge in [-0.15, -0.1) is 0 Å². The van der Waals surface area contributed by atoms with Gasteiger partial charge in [0.25, 0.3) is 0 Å². The maximum absolute atomic E-state index is 5.72. The number of aliphatic imine (C=N–C) groups is 1. The minimum absolute atomic E-state index is 0.344. The van der Waals surface area contributed by atoms with Gasteiger partial charge in [-0.25, -0.2) is 0 Å². The van der Waals surface area contributed by atoms with Crippen LogP contribution in [0.2, 0.25) is 0 Å². The van der Waals surface area contributed by atoms with Crippen LogP contribution in [0.1, 0.15) is 51.9 Å². The van der Waals surface area contributed by atoms with Crippen molar-refractivity contribution >= 4 is 17.7 Å². The Hall–Kier alpha value is -0.420. The van der Waals surface area contributed by atoms with Crippen LogP contribution in [0, 0.1) is 0 Å². The zero-order chi connectivity index (χ0) is 15.3. The van der Waals surface area contributed by atoms with Crippen LogP contribution in [0.5, 0.6) is 0 Å². The van der Waals surface area contributed by atoms with E-state index in [1.807, 2.05) is 0 Å². The average Bonchev–Trinajstić information content (AvgIpc) is 3.05. The molecule has 2 aliphatic heterocycles. The fourth-order valence-corrected chi connectivity index (χ4v) is 5.50. The van der Waals surface area contributed by atoms with Gasteiger partial charge in [0, 0.05) is 36.7 Å². The molecule has 2 heterocycles. The van der Waals surface area contributed by atoms with Crippen LogP contribution in [0.25, 0.3) is 0 Å². The number of ether oxygens (including phenoxy) is 1. The predicted octanol–water partition coefficient (Wildman–Crippen LogP) is 2.88. The molecule has 4 nitrogen and oxygen atoms in total. The molecule has 3 fully saturated rings. The van der Waals surface area contributed by atoms with E-state index >= 15 is 0 Å². The Balaban J connectivity index is 1.63. The molecule has 1 unspecified atom stereocenters. The lowest BCUT2D eigenvalue weighted by Crippen LogP contribution is -2.53. The third kappa shape index (κ3) is 4.10. The van der Waals surface area contributed by atoms with E-state index in [4.69, 9.17) is 9.73 Å². The summed E-state index contributed by atoms with van der Waals surface area (Å²) in [4.78, 5) is 7.41. The summed E-state index contributed by atoms with van der Waals surface area (Å²) in [5.41, 5.74) is 0. The molecular formula is C17H31N3OS. The van der Waals surface area contributed by atoms with Gasteiger partial charge in [-0.1, -0.05) is 19.3 Å². The first-order valence-electron chi connectivity index (χ1n) is 9.10. The van der Waals surface area contributed by atoms with Gasteiger partial charge in [0.05, 0.1) is 12.6 Å². The second-order valence-electron chi connectivity index (χ2n) is 6.84. The summed E-state index contributed by atoms with van der Waals surface area (Å²) < 4.78 is 6.22. The lowest BCUT2D eigenvalue weighted by molar-refractivity contribution is 0.117. The normalized spacial score (nSPS) is 29.0. The van der Waals surface area contributed by atoms with Gasteiger partial charge in [-0.2, -0.15) is 11.8 Å². The molecule has 1 atom stereocenters. The van der Waals surface area contributed by atoms with Crippen LogP contribution in [0.15, 0.2) is 4.99 Å². The highest BCUT2D eigenvalue weighted by atomic mass is 32.2. The number of hydrogen-bond donors (Lipinski definition) is 1. The number of nitrogens with zero attached hydrogens (tertiary/aromatic N) is 2. The van der Waals surface area contributed by atoms with Crippen LogP contribution in [-0.4, -0.2) is 60.2 Å². The molecule has 0 aromatic rings. The van der Waals surface area contributed by atoms with Crippen molar-refractivity contribution in [3.8, 4) is 0 Å². The number of rotatable bonds is 3. The Bertz CT molecular complexity index is 371. The molecule has 2 saturated heterocycles. The number of guanidine groups is 1. The smallest absolute Gasteiger partial charge is 0.194 e. The molecule has 126 valence electrons. The van der Waals surface area contributed by atoms with Crippen LogP contribution in [0.3, 0.4) is 0 Å². The van der Waals surface area contributed by atoms with E-state index in [0.29, 0.717) is 10.9 Å². The largest absolute Gasteiger partial charge is 0.376 e. The summed E-state index contributed by atoms with van der Waals surface area (Å²) in [6, 6.07) is 0. The van der Waals surface area contributed by atoms with E-state index in [1.54, 1.807) is 0 Å². The third-order valence-electron chi connectivity index (χ3n) is 5.12. The molecule has 1 spiro atoms. The standard InChI is InChI=1S/C17H31N3OS/c1-2-18-16(19-13-15-7-6-11-21-15)20-10-12-22-17(14-20)8-4-3-5-9-17/h15H,2-14H2,1H3,(H,18,19). The summed E-state index contributed by atoms with van der Waals surface area (Å²) in [6.07, 6.45) is 9.72. The highest BCUT2D eigenvalue weighted by Crippen LogP contribution is 2.42. The van der Waals surface area contributed by atoms with E-state index in [2.05, 4.69) is 28.9 Å². The molecule has 0 bridgehead atoms. The fourth-order valence-electron chi connectivity index (χ4n) is 3.93. The van der Waals surface area contributed by atoms with Gasteiger partial charge in [0.1, 0.15) is 0 Å². The minimum Gasteiger partial charge on any atom is -0.376 e. The fraction of sp³-hybridized carbons (Fsp3) is 0.941.